The molecule has 4 nitrogen and oxygen atoms in total. The number of carbonyl (C=O) groups excluding carboxylic acids is 1. The Morgan fingerprint density at radius 3 is 2.69 bits per heavy atom. The number of nitrogens with zero attached hydrogens (tertiary/aromatic N) is 2. The summed E-state index contributed by atoms with van der Waals surface area (Å²) in [6.45, 7) is 1.81. The topological polar surface area (TPSA) is 46.9 Å². The van der Waals surface area contributed by atoms with Gasteiger partial charge in [-0.25, -0.2) is 4.68 Å². The normalized spacial score (nSPS) is 16.2. The number of benzene rings is 2. The lowest BCUT2D eigenvalue weighted by molar-refractivity contribution is 0.0932. The lowest BCUT2D eigenvalue weighted by atomic mass is 9.87. The first-order chi connectivity index (χ1) is 12.6. The summed E-state index contributed by atoms with van der Waals surface area (Å²) in [7, 11) is 0. The second-order valence-electron chi connectivity index (χ2n) is 6.62. The second kappa shape index (κ2) is 6.96. The number of hydrogen-bond acceptors (Lipinski definition) is 2. The summed E-state index contributed by atoms with van der Waals surface area (Å²) in [4.78, 5) is 13.0. The number of fused-ring (bicyclic) bond motifs is 1. The summed E-state index contributed by atoms with van der Waals surface area (Å²) >= 11 is 6.52. The summed E-state index contributed by atoms with van der Waals surface area (Å²) in [6.07, 6.45) is 3.07. The number of aryl methyl sites for hydroxylation is 2. The SMILES string of the molecule is Cc1nn(-c2ccccc2)c(Cl)c1C(=O)NC1CCCc2ccccc21. The Bertz CT molecular complexity index is 949. The molecule has 0 spiro atoms. The van der Waals surface area contributed by atoms with Gasteiger partial charge in [-0.05, 0) is 49.4 Å². The van der Waals surface area contributed by atoms with Gasteiger partial charge < -0.3 is 5.32 Å². The van der Waals surface area contributed by atoms with Crippen LogP contribution in [0, 0.1) is 6.92 Å². The molecule has 1 N–H and O–H groups in total. The van der Waals surface area contributed by atoms with Crippen LogP contribution in [0.2, 0.25) is 5.15 Å². The van der Waals surface area contributed by atoms with Gasteiger partial charge >= 0.3 is 0 Å². The van der Waals surface area contributed by atoms with Crippen LogP contribution in [0.4, 0.5) is 0 Å². The molecule has 1 aliphatic rings. The Morgan fingerprint density at radius 2 is 1.88 bits per heavy atom. The Morgan fingerprint density at radius 1 is 1.15 bits per heavy atom. The first kappa shape index (κ1) is 16.9. The fourth-order valence-corrected chi connectivity index (χ4v) is 3.99. The summed E-state index contributed by atoms with van der Waals surface area (Å²) < 4.78 is 1.61. The van der Waals surface area contributed by atoms with Crippen molar-refractivity contribution in [2.24, 2.45) is 0 Å². The van der Waals surface area contributed by atoms with E-state index in [0.717, 1.165) is 24.9 Å². The van der Waals surface area contributed by atoms with Crippen molar-refractivity contribution in [3.8, 4) is 5.69 Å². The quantitative estimate of drug-likeness (QED) is 0.734. The number of nitrogens with one attached hydrogen (secondary N) is 1. The zero-order valence-corrected chi connectivity index (χ0v) is 15.3. The van der Waals surface area contributed by atoms with Gasteiger partial charge in [-0.3, -0.25) is 4.79 Å². The molecule has 5 heteroatoms. The minimum atomic E-state index is -0.170. The molecule has 0 aliphatic heterocycles. The highest BCUT2D eigenvalue weighted by atomic mass is 35.5. The van der Waals surface area contributed by atoms with E-state index in [2.05, 4.69) is 22.5 Å². The molecule has 1 aliphatic carbocycles. The van der Waals surface area contributed by atoms with E-state index < -0.39 is 0 Å². The zero-order chi connectivity index (χ0) is 18.1. The van der Waals surface area contributed by atoms with E-state index in [0.29, 0.717) is 16.4 Å². The summed E-state index contributed by atoms with van der Waals surface area (Å²) in [6, 6.07) is 17.9. The first-order valence-electron chi connectivity index (χ1n) is 8.84. The molecule has 0 saturated heterocycles. The molecule has 26 heavy (non-hydrogen) atoms. The fourth-order valence-electron chi connectivity index (χ4n) is 3.63. The van der Waals surface area contributed by atoms with Gasteiger partial charge in [0.2, 0.25) is 0 Å². The van der Waals surface area contributed by atoms with Gasteiger partial charge in [-0.15, -0.1) is 0 Å². The third-order valence-electron chi connectivity index (χ3n) is 4.91. The predicted molar refractivity (Wildman–Crippen MR) is 103 cm³/mol. The van der Waals surface area contributed by atoms with E-state index in [1.54, 1.807) is 4.68 Å². The number of rotatable bonds is 3. The van der Waals surface area contributed by atoms with Gasteiger partial charge in [0.25, 0.3) is 5.91 Å². The Hall–Kier alpha value is -2.59. The molecule has 132 valence electrons. The number of amides is 1. The number of hydrogen-bond donors (Lipinski definition) is 1. The zero-order valence-electron chi connectivity index (χ0n) is 14.6. The first-order valence-corrected chi connectivity index (χ1v) is 9.22. The Labute approximate surface area is 157 Å². The average Bonchev–Trinajstić information content (AvgIpc) is 2.97. The molecular weight excluding hydrogens is 346 g/mol. The van der Waals surface area contributed by atoms with Crippen molar-refractivity contribution in [2.45, 2.75) is 32.2 Å². The van der Waals surface area contributed by atoms with E-state index in [9.17, 15) is 4.79 Å². The number of halogens is 1. The lowest BCUT2D eigenvalue weighted by Crippen LogP contribution is -2.31. The Kier molecular flexibility index (Phi) is 4.51. The smallest absolute Gasteiger partial charge is 0.256 e. The number of aromatic nitrogens is 2. The molecule has 1 unspecified atom stereocenters. The van der Waals surface area contributed by atoms with Gasteiger partial charge in [-0.2, -0.15) is 5.10 Å². The molecule has 2 aromatic carbocycles. The lowest BCUT2D eigenvalue weighted by Gasteiger charge is -2.26. The average molecular weight is 366 g/mol. The molecule has 0 fully saturated rings. The van der Waals surface area contributed by atoms with Gasteiger partial charge in [0, 0.05) is 0 Å². The molecule has 1 aromatic heterocycles. The van der Waals surface area contributed by atoms with Crippen molar-refractivity contribution in [3.05, 3.63) is 82.1 Å². The summed E-state index contributed by atoms with van der Waals surface area (Å²) in [5.74, 6) is -0.170. The van der Waals surface area contributed by atoms with Crippen LogP contribution in [0.15, 0.2) is 54.6 Å². The molecule has 0 saturated carbocycles. The van der Waals surface area contributed by atoms with E-state index in [1.165, 1.54) is 11.1 Å². The maximum atomic E-state index is 13.0. The van der Waals surface area contributed by atoms with Crippen LogP contribution >= 0.6 is 11.6 Å². The Balaban J connectivity index is 1.63. The standard InChI is InChI=1S/C21H20ClN3O/c1-14-19(20(22)25(24-14)16-10-3-2-4-11-16)21(26)23-18-13-7-9-15-8-5-6-12-17(15)18/h2-6,8,10-12,18H,7,9,13H2,1H3,(H,23,26). The summed E-state index contributed by atoms with van der Waals surface area (Å²) in [5, 5.41) is 7.97. The van der Waals surface area contributed by atoms with Crippen molar-refractivity contribution in [3.63, 3.8) is 0 Å². The van der Waals surface area contributed by atoms with E-state index in [1.807, 2.05) is 49.4 Å². The van der Waals surface area contributed by atoms with Gasteiger partial charge in [-0.1, -0.05) is 54.1 Å². The van der Waals surface area contributed by atoms with Crippen LogP contribution in [-0.2, 0) is 6.42 Å². The van der Waals surface area contributed by atoms with Gasteiger partial charge in [0.1, 0.15) is 5.15 Å². The highest BCUT2D eigenvalue weighted by Crippen LogP contribution is 2.31. The van der Waals surface area contributed by atoms with E-state index in [4.69, 9.17) is 11.6 Å². The minimum Gasteiger partial charge on any atom is -0.345 e. The molecule has 0 bridgehead atoms. The molecule has 4 rings (SSSR count). The van der Waals surface area contributed by atoms with Crippen LogP contribution in [0.3, 0.4) is 0 Å². The van der Waals surface area contributed by atoms with Crippen LogP contribution in [-0.4, -0.2) is 15.7 Å². The van der Waals surface area contributed by atoms with E-state index in [-0.39, 0.29) is 11.9 Å². The number of carbonyl (C=O) groups is 1. The van der Waals surface area contributed by atoms with Crippen LogP contribution < -0.4 is 5.32 Å². The monoisotopic (exact) mass is 365 g/mol. The number of para-hydroxylation sites is 1. The van der Waals surface area contributed by atoms with Crippen LogP contribution in [0.5, 0.6) is 0 Å². The highest BCUT2D eigenvalue weighted by molar-refractivity contribution is 6.33. The van der Waals surface area contributed by atoms with Crippen molar-refractivity contribution >= 4 is 17.5 Å². The summed E-state index contributed by atoms with van der Waals surface area (Å²) in [5.41, 5.74) is 4.42. The van der Waals surface area contributed by atoms with Gasteiger partial charge in [0.15, 0.2) is 0 Å². The molecule has 1 heterocycles. The maximum Gasteiger partial charge on any atom is 0.256 e. The van der Waals surface area contributed by atoms with Crippen molar-refractivity contribution in [2.75, 3.05) is 0 Å². The molecule has 3 aromatic rings. The highest BCUT2D eigenvalue weighted by Gasteiger charge is 2.26. The van der Waals surface area contributed by atoms with Gasteiger partial charge in [0.05, 0.1) is 23.0 Å². The largest absolute Gasteiger partial charge is 0.345 e. The molecule has 1 amide bonds. The van der Waals surface area contributed by atoms with Crippen LogP contribution in [0.1, 0.15) is 46.1 Å². The van der Waals surface area contributed by atoms with Crippen molar-refractivity contribution < 1.29 is 4.79 Å². The third kappa shape index (κ3) is 3.01. The molecule has 1 atom stereocenters. The van der Waals surface area contributed by atoms with E-state index >= 15 is 0 Å². The fraction of sp³-hybridized carbons (Fsp3) is 0.238. The molecule has 0 radical (unpaired) electrons. The maximum absolute atomic E-state index is 13.0. The molecular formula is C21H20ClN3O. The second-order valence-corrected chi connectivity index (χ2v) is 6.97. The minimum absolute atomic E-state index is 0.0167. The third-order valence-corrected chi connectivity index (χ3v) is 5.26. The van der Waals surface area contributed by atoms with Crippen molar-refractivity contribution in [1.29, 1.82) is 0 Å². The van der Waals surface area contributed by atoms with Crippen LogP contribution in [0.25, 0.3) is 5.69 Å². The predicted octanol–water partition coefficient (Wildman–Crippen LogP) is 4.64. The van der Waals surface area contributed by atoms with Crippen molar-refractivity contribution in [1.82, 2.24) is 15.1 Å².